The maximum Gasteiger partial charge on any atom is 0.127 e. The summed E-state index contributed by atoms with van der Waals surface area (Å²) in [5.41, 5.74) is 8.89. The van der Waals surface area contributed by atoms with Crippen LogP contribution in [0.15, 0.2) is 42.5 Å². The SMILES string of the molecule is NC1COc2cc(OCc3ccc(CO)cc3)ccc21. The van der Waals surface area contributed by atoms with E-state index in [-0.39, 0.29) is 12.6 Å². The lowest BCUT2D eigenvalue weighted by atomic mass is 10.1. The van der Waals surface area contributed by atoms with Crippen molar-refractivity contribution in [2.75, 3.05) is 6.61 Å². The zero-order valence-electron chi connectivity index (χ0n) is 11.1. The van der Waals surface area contributed by atoms with E-state index < -0.39 is 0 Å². The second kappa shape index (κ2) is 5.53. The monoisotopic (exact) mass is 271 g/mol. The van der Waals surface area contributed by atoms with Crippen LogP contribution in [0.3, 0.4) is 0 Å². The number of hydrogen-bond donors (Lipinski definition) is 2. The Kier molecular flexibility index (Phi) is 3.58. The van der Waals surface area contributed by atoms with Gasteiger partial charge in [0.25, 0.3) is 0 Å². The molecule has 1 atom stereocenters. The summed E-state index contributed by atoms with van der Waals surface area (Å²) in [5.74, 6) is 1.58. The maximum absolute atomic E-state index is 8.99. The number of ether oxygens (including phenoxy) is 2. The molecule has 1 heterocycles. The van der Waals surface area contributed by atoms with E-state index in [9.17, 15) is 0 Å². The lowest BCUT2D eigenvalue weighted by molar-refractivity contribution is 0.281. The molecule has 2 aromatic rings. The number of hydrogen-bond acceptors (Lipinski definition) is 4. The highest BCUT2D eigenvalue weighted by Gasteiger charge is 2.20. The lowest BCUT2D eigenvalue weighted by Crippen LogP contribution is -2.10. The van der Waals surface area contributed by atoms with E-state index in [1.807, 2.05) is 42.5 Å². The van der Waals surface area contributed by atoms with Crippen LogP contribution in [0.5, 0.6) is 11.5 Å². The van der Waals surface area contributed by atoms with Crippen LogP contribution in [-0.2, 0) is 13.2 Å². The first kappa shape index (κ1) is 13.0. The quantitative estimate of drug-likeness (QED) is 0.894. The Labute approximate surface area is 117 Å². The third-order valence-electron chi connectivity index (χ3n) is 3.41. The predicted octanol–water partition coefficient (Wildman–Crippen LogP) is 2.15. The maximum atomic E-state index is 8.99. The molecule has 1 unspecified atom stereocenters. The molecule has 4 nitrogen and oxygen atoms in total. The average Bonchev–Trinajstić information content (AvgIpc) is 2.87. The molecule has 0 saturated heterocycles. The standard InChI is InChI=1S/C16H17NO3/c17-15-10-20-16-7-13(5-6-14(15)16)19-9-12-3-1-11(8-18)2-4-12/h1-7,15,18H,8-10,17H2. The van der Waals surface area contributed by atoms with E-state index in [1.165, 1.54) is 0 Å². The molecule has 0 amide bonds. The van der Waals surface area contributed by atoms with Crippen LogP contribution in [0.1, 0.15) is 22.7 Å². The van der Waals surface area contributed by atoms with Gasteiger partial charge in [0.15, 0.2) is 0 Å². The van der Waals surface area contributed by atoms with Gasteiger partial charge in [-0.2, -0.15) is 0 Å². The van der Waals surface area contributed by atoms with Crippen LogP contribution in [0.25, 0.3) is 0 Å². The second-order valence-electron chi connectivity index (χ2n) is 4.88. The molecule has 20 heavy (non-hydrogen) atoms. The van der Waals surface area contributed by atoms with Crippen molar-refractivity contribution >= 4 is 0 Å². The lowest BCUT2D eigenvalue weighted by Gasteiger charge is -2.08. The van der Waals surface area contributed by atoms with Gasteiger partial charge < -0.3 is 20.3 Å². The molecule has 0 aliphatic carbocycles. The summed E-state index contributed by atoms with van der Waals surface area (Å²) in [5, 5.41) is 8.99. The summed E-state index contributed by atoms with van der Waals surface area (Å²) in [7, 11) is 0. The normalized spacial score (nSPS) is 16.6. The van der Waals surface area contributed by atoms with Gasteiger partial charge in [0.1, 0.15) is 24.7 Å². The Balaban J connectivity index is 1.66. The number of aliphatic hydroxyl groups is 1. The summed E-state index contributed by atoms with van der Waals surface area (Å²) in [6.45, 7) is 1.07. The van der Waals surface area contributed by atoms with E-state index >= 15 is 0 Å². The van der Waals surface area contributed by atoms with Crippen molar-refractivity contribution in [1.82, 2.24) is 0 Å². The average molecular weight is 271 g/mol. The van der Waals surface area contributed by atoms with E-state index in [1.54, 1.807) is 0 Å². The second-order valence-corrected chi connectivity index (χ2v) is 4.88. The Morgan fingerprint density at radius 2 is 1.90 bits per heavy atom. The van der Waals surface area contributed by atoms with Crippen LogP contribution < -0.4 is 15.2 Å². The minimum absolute atomic E-state index is 0.0370. The first-order chi connectivity index (χ1) is 9.76. The first-order valence-corrected chi connectivity index (χ1v) is 6.60. The number of fused-ring (bicyclic) bond motifs is 1. The molecule has 3 rings (SSSR count). The molecular formula is C16H17NO3. The molecule has 1 aliphatic rings. The smallest absolute Gasteiger partial charge is 0.127 e. The molecule has 0 bridgehead atoms. The van der Waals surface area contributed by atoms with Gasteiger partial charge in [-0.05, 0) is 23.3 Å². The largest absolute Gasteiger partial charge is 0.491 e. The van der Waals surface area contributed by atoms with Crippen molar-refractivity contribution in [3.05, 3.63) is 59.2 Å². The summed E-state index contributed by atoms with van der Waals surface area (Å²) < 4.78 is 11.2. The van der Waals surface area contributed by atoms with Crippen molar-refractivity contribution in [1.29, 1.82) is 0 Å². The topological polar surface area (TPSA) is 64.7 Å². The van der Waals surface area contributed by atoms with Crippen molar-refractivity contribution in [2.24, 2.45) is 5.73 Å². The van der Waals surface area contributed by atoms with E-state index in [4.69, 9.17) is 20.3 Å². The number of rotatable bonds is 4. The summed E-state index contributed by atoms with van der Waals surface area (Å²) in [6.07, 6.45) is 0. The van der Waals surface area contributed by atoms with Crippen molar-refractivity contribution in [2.45, 2.75) is 19.3 Å². The van der Waals surface area contributed by atoms with Crippen LogP contribution in [-0.4, -0.2) is 11.7 Å². The summed E-state index contributed by atoms with van der Waals surface area (Å²) in [4.78, 5) is 0. The molecule has 3 N–H and O–H groups in total. The summed E-state index contributed by atoms with van der Waals surface area (Å²) >= 11 is 0. The third-order valence-corrected chi connectivity index (χ3v) is 3.41. The van der Waals surface area contributed by atoms with Crippen molar-refractivity contribution < 1.29 is 14.6 Å². The van der Waals surface area contributed by atoms with Gasteiger partial charge in [-0.25, -0.2) is 0 Å². The molecule has 0 saturated carbocycles. The highest BCUT2D eigenvalue weighted by atomic mass is 16.5. The zero-order valence-corrected chi connectivity index (χ0v) is 11.1. The van der Waals surface area contributed by atoms with E-state index in [0.717, 1.165) is 28.2 Å². The number of aliphatic hydroxyl groups excluding tert-OH is 1. The Bertz CT molecular complexity index is 595. The van der Waals surface area contributed by atoms with Gasteiger partial charge in [-0.1, -0.05) is 24.3 Å². The van der Waals surface area contributed by atoms with Crippen molar-refractivity contribution in [3.8, 4) is 11.5 Å². The fourth-order valence-corrected chi connectivity index (χ4v) is 2.21. The first-order valence-electron chi connectivity index (χ1n) is 6.60. The Morgan fingerprint density at radius 3 is 2.65 bits per heavy atom. The van der Waals surface area contributed by atoms with Gasteiger partial charge in [-0.3, -0.25) is 0 Å². The van der Waals surface area contributed by atoms with Gasteiger partial charge in [0, 0.05) is 11.6 Å². The van der Waals surface area contributed by atoms with Crippen LogP contribution in [0.4, 0.5) is 0 Å². The van der Waals surface area contributed by atoms with Crippen LogP contribution in [0, 0.1) is 0 Å². The number of nitrogens with two attached hydrogens (primary N) is 1. The summed E-state index contributed by atoms with van der Waals surface area (Å²) in [6, 6.07) is 13.4. The van der Waals surface area contributed by atoms with Gasteiger partial charge >= 0.3 is 0 Å². The fourth-order valence-electron chi connectivity index (χ4n) is 2.21. The molecule has 4 heteroatoms. The highest BCUT2D eigenvalue weighted by molar-refractivity contribution is 5.44. The fraction of sp³-hybridized carbons (Fsp3) is 0.250. The molecule has 0 fully saturated rings. The van der Waals surface area contributed by atoms with Crippen molar-refractivity contribution in [3.63, 3.8) is 0 Å². The van der Waals surface area contributed by atoms with Gasteiger partial charge in [-0.15, -0.1) is 0 Å². The van der Waals surface area contributed by atoms with E-state index in [2.05, 4.69) is 0 Å². The molecule has 0 spiro atoms. The minimum atomic E-state index is -0.0370. The molecule has 0 radical (unpaired) electrons. The van der Waals surface area contributed by atoms with E-state index in [0.29, 0.717) is 13.2 Å². The highest BCUT2D eigenvalue weighted by Crippen LogP contribution is 2.34. The third kappa shape index (κ3) is 2.61. The molecule has 0 aromatic heterocycles. The molecule has 1 aliphatic heterocycles. The minimum Gasteiger partial charge on any atom is -0.491 e. The predicted molar refractivity (Wildman–Crippen MR) is 75.6 cm³/mol. The van der Waals surface area contributed by atoms with Gasteiger partial charge in [0.2, 0.25) is 0 Å². The Hall–Kier alpha value is -2.04. The van der Waals surface area contributed by atoms with Crippen LogP contribution >= 0.6 is 0 Å². The zero-order chi connectivity index (χ0) is 13.9. The molecule has 104 valence electrons. The van der Waals surface area contributed by atoms with Gasteiger partial charge in [0.05, 0.1) is 12.6 Å². The number of benzene rings is 2. The van der Waals surface area contributed by atoms with Crippen LogP contribution in [0.2, 0.25) is 0 Å². The molecule has 2 aromatic carbocycles. The Morgan fingerprint density at radius 1 is 1.15 bits per heavy atom. The molecular weight excluding hydrogens is 254 g/mol.